The van der Waals surface area contributed by atoms with Crippen molar-refractivity contribution in [1.82, 2.24) is 19.4 Å². The van der Waals surface area contributed by atoms with Crippen molar-refractivity contribution in [3.63, 3.8) is 0 Å². The number of aliphatic hydroxyl groups excluding tert-OH is 1. The molecule has 3 aliphatic rings. The van der Waals surface area contributed by atoms with E-state index in [9.17, 15) is 32.7 Å². The molecule has 3 aliphatic heterocycles. The van der Waals surface area contributed by atoms with Crippen molar-refractivity contribution in [3.8, 4) is 0 Å². The van der Waals surface area contributed by atoms with Crippen molar-refractivity contribution < 1.29 is 37.3 Å². The fraction of sp³-hybridized carbons (Fsp3) is 0.432. The fourth-order valence-corrected chi connectivity index (χ4v) is 7.51. The number of amides is 2. The number of fused-ring (bicyclic) bond motifs is 1. The average Bonchev–Trinajstić information content (AvgIpc) is 3.76. The number of carbonyl (C=O) groups excluding carboxylic acids is 2. The number of nitrogens with zero attached hydrogens (tertiary/aromatic N) is 3. The smallest absolute Gasteiger partial charge is 0.392 e. The summed E-state index contributed by atoms with van der Waals surface area (Å²) in [4.78, 5) is 43.5. The third-order valence-corrected chi connectivity index (χ3v) is 10.1. The molecule has 3 aromatic carbocycles. The molecular weight excluding hydrogens is 667 g/mol. The Balaban J connectivity index is 1.03. The summed E-state index contributed by atoms with van der Waals surface area (Å²) in [6.45, 7) is 2.04. The number of aliphatic hydroxyl groups is 1. The van der Waals surface area contributed by atoms with Crippen LogP contribution >= 0.6 is 0 Å². The number of halogens is 3. The highest BCUT2D eigenvalue weighted by Gasteiger charge is 2.47. The van der Waals surface area contributed by atoms with Gasteiger partial charge >= 0.3 is 17.8 Å². The van der Waals surface area contributed by atoms with Crippen LogP contribution in [-0.2, 0) is 25.7 Å². The molecule has 3 N–H and O–H groups in total. The van der Waals surface area contributed by atoms with Crippen molar-refractivity contribution in [2.75, 3.05) is 31.5 Å². The Labute approximate surface area is 291 Å². The molecule has 4 heterocycles. The molecule has 3 saturated heterocycles. The van der Waals surface area contributed by atoms with E-state index < -0.39 is 30.3 Å². The van der Waals surface area contributed by atoms with Crippen LogP contribution in [0.2, 0.25) is 0 Å². The van der Waals surface area contributed by atoms with Crippen LogP contribution in [-0.4, -0.2) is 80.8 Å². The molecule has 0 unspecified atom stereocenters. The maximum atomic E-state index is 13.1. The summed E-state index contributed by atoms with van der Waals surface area (Å²) in [5.74, 6) is -2.68. The largest absolute Gasteiger partial charge is 0.471 e. The molecular formula is C37H40F3N5O6. The van der Waals surface area contributed by atoms with Crippen molar-refractivity contribution in [2.45, 2.75) is 75.5 Å². The molecule has 0 bridgehead atoms. The van der Waals surface area contributed by atoms with Gasteiger partial charge in [-0.2, -0.15) is 13.2 Å². The lowest BCUT2D eigenvalue weighted by Gasteiger charge is -2.40. The summed E-state index contributed by atoms with van der Waals surface area (Å²) in [6, 6.07) is 21.0. The van der Waals surface area contributed by atoms with Crippen molar-refractivity contribution in [2.24, 2.45) is 0 Å². The number of rotatable bonds is 8. The number of anilines is 1. The Bertz CT molecular complexity index is 1900. The first-order valence-corrected chi connectivity index (χ1v) is 17.3. The summed E-state index contributed by atoms with van der Waals surface area (Å²) in [6.07, 6.45) is -3.60. The number of aromatic amines is 1. The van der Waals surface area contributed by atoms with E-state index in [4.69, 9.17) is 9.47 Å². The summed E-state index contributed by atoms with van der Waals surface area (Å²) in [7, 11) is 0. The zero-order valence-electron chi connectivity index (χ0n) is 27.9. The number of ether oxygens (including phenoxy) is 2. The Morgan fingerprint density at radius 3 is 2.31 bits per heavy atom. The zero-order chi connectivity index (χ0) is 35.7. The van der Waals surface area contributed by atoms with E-state index in [0.717, 1.165) is 48.1 Å². The number of hydrogen-bond acceptors (Lipinski definition) is 7. The lowest BCUT2D eigenvalue weighted by atomic mass is 9.98. The third kappa shape index (κ3) is 7.59. The van der Waals surface area contributed by atoms with Gasteiger partial charge in [0.2, 0.25) is 5.91 Å². The number of piperidine rings is 1. The first-order chi connectivity index (χ1) is 24.6. The van der Waals surface area contributed by atoms with Gasteiger partial charge in [-0.05, 0) is 61.1 Å². The first-order valence-electron chi connectivity index (χ1n) is 17.3. The molecule has 11 nitrogen and oxygen atoms in total. The molecule has 1 aromatic heterocycles. The second kappa shape index (κ2) is 14.6. The maximum Gasteiger partial charge on any atom is 0.471 e. The minimum Gasteiger partial charge on any atom is -0.392 e. The average molecular weight is 708 g/mol. The van der Waals surface area contributed by atoms with Gasteiger partial charge in [-0.15, -0.1) is 0 Å². The normalized spacial score (nSPS) is 23.5. The lowest BCUT2D eigenvalue weighted by Crippen LogP contribution is -2.48. The predicted molar refractivity (Wildman–Crippen MR) is 182 cm³/mol. The number of nitrogens with one attached hydrogen (secondary N) is 2. The number of imidazole rings is 1. The van der Waals surface area contributed by atoms with Gasteiger partial charge in [-0.3, -0.25) is 14.2 Å². The maximum absolute atomic E-state index is 13.1. The van der Waals surface area contributed by atoms with Gasteiger partial charge in [0.15, 0.2) is 6.29 Å². The number of aromatic nitrogens is 2. The fourth-order valence-electron chi connectivity index (χ4n) is 7.51. The van der Waals surface area contributed by atoms with Crippen LogP contribution in [0.4, 0.5) is 18.9 Å². The summed E-state index contributed by atoms with van der Waals surface area (Å²) in [5, 5.41) is 12.2. The van der Waals surface area contributed by atoms with Crippen LogP contribution in [0.1, 0.15) is 67.2 Å². The minimum absolute atomic E-state index is 0.0684. The van der Waals surface area contributed by atoms with Crippen molar-refractivity contribution >= 4 is 28.5 Å². The molecule has 0 spiro atoms. The Morgan fingerprint density at radius 2 is 1.61 bits per heavy atom. The Kier molecular flexibility index (Phi) is 10.0. The Hall–Kier alpha value is -4.50. The SMILES string of the molecule is O=C(Nc1ccc([C@H]2O[C@@H](CN3CCC(n4c(=O)[nH]c5ccccc54)CC3)C[C@@H](c3ccc(CO)cc3)O2)cc1)[C@@H]1CCCN1C(=O)C(F)(F)F. The molecule has 14 heteroatoms. The molecule has 4 aromatic rings. The van der Waals surface area contributed by atoms with E-state index in [1.807, 2.05) is 53.1 Å². The van der Waals surface area contributed by atoms with Gasteiger partial charge in [0.05, 0.1) is 29.8 Å². The molecule has 4 atom stereocenters. The highest BCUT2D eigenvalue weighted by atomic mass is 19.4. The van der Waals surface area contributed by atoms with Gasteiger partial charge in [-0.25, -0.2) is 4.79 Å². The van der Waals surface area contributed by atoms with Gasteiger partial charge < -0.3 is 34.7 Å². The van der Waals surface area contributed by atoms with Gasteiger partial charge in [0.1, 0.15) is 6.04 Å². The topological polar surface area (TPSA) is 129 Å². The second-order valence-electron chi connectivity index (χ2n) is 13.5. The summed E-state index contributed by atoms with van der Waals surface area (Å²) in [5.41, 5.74) is 4.45. The van der Waals surface area contributed by atoms with Crippen LogP contribution in [0.25, 0.3) is 11.0 Å². The van der Waals surface area contributed by atoms with Gasteiger partial charge in [0.25, 0.3) is 0 Å². The molecule has 51 heavy (non-hydrogen) atoms. The minimum atomic E-state index is -5.05. The van der Waals surface area contributed by atoms with E-state index in [0.29, 0.717) is 35.5 Å². The number of alkyl halides is 3. The monoisotopic (exact) mass is 707 g/mol. The molecule has 2 amide bonds. The molecule has 270 valence electrons. The van der Waals surface area contributed by atoms with E-state index in [1.54, 1.807) is 24.3 Å². The standard InChI is InChI=1S/C37H40F3N5O6/c38-37(39,40)35(48)44-17-3-6-31(44)33(47)41-26-13-11-25(12-14-26)34-50-28(20-32(51-34)24-9-7-23(22-46)8-10-24)21-43-18-15-27(16-19-43)45-30-5-2-1-4-29(30)42-36(45)49/h1-2,4-5,7-14,27-28,31-32,34,46H,3,6,15-22H2,(H,41,47)(H,42,49)/t28-,31+,32+,34+/m1/s1. The number of para-hydroxylation sites is 2. The molecule has 0 radical (unpaired) electrons. The van der Waals surface area contributed by atoms with Gasteiger partial charge in [0, 0.05) is 49.9 Å². The lowest BCUT2D eigenvalue weighted by molar-refractivity contribution is -0.253. The summed E-state index contributed by atoms with van der Waals surface area (Å²) < 4.78 is 54.1. The molecule has 0 aliphatic carbocycles. The second-order valence-corrected chi connectivity index (χ2v) is 13.5. The predicted octanol–water partition coefficient (Wildman–Crippen LogP) is 5.20. The van der Waals surface area contributed by atoms with Gasteiger partial charge in [-0.1, -0.05) is 48.5 Å². The number of benzene rings is 3. The quantitative estimate of drug-likeness (QED) is 0.230. The van der Waals surface area contributed by atoms with E-state index >= 15 is 0 Å². The highest BCUT2D eigenvalue weighted by molar-refractivity contribution is 5.98. The first kappa shape index (κ1) is 34.9. The van der Waals surface area contributed by atoms with Crippen LogP contribution in [0.5, 0.6) is 0 Å². The van der Waals surface area contributed by atoms with E-state index in [2.05, 4.69) is 15.2 Å². The van der Waals surface area contributed by atoms with E-state index in [-0.39, 0.29) is 43.5 Å². The molecule has 0 saturated carbocycles. The van der Waals surface area contributed by atoms with Crippen molar-refractivity contribution in [3.05, 3.63) is 100.0 Å². The van der Waals surface area contributed by atoms with Crippen LogP contribution in [0.3, 0.4) is 0 Å². The number of carbonyl (C=O) groups is 2. The zero-order valence-corrected chi connectivity index (χ0v) is 27.9. The molecule has 3 fully saturated rings. The van der Waals surface area contributed by atoms with Crippen LogP contribution in [0, 0.1) is 0 Å². The van der Waals surface area contributed by atoms with Crippen LogP contribution in [0.15, 0.2) is 77.6 Å². The highest BCUT2D eigenvalue weighted by Crippen LogP contribution is 2.39. The van der Waals surface area contributed by atoms with Crippen LogP contribution < -0.4 is 11.0 Å². The molecule has 7 rings (SSSR count). The number of H-pyrrole nitrogens is 1. The Morgan fingerprint density at radius 1 is 0.902 bits per heavy atom. The number of hydrogen-bond donors (Lipinski definition) is 3. The number of likely N-dealkylation sites (tertiary alicyclic amines) is 2. The summed E-state index contributed by atoms with van der Waals surface area (Å²) >= 11 is 0. The third-order valence-electron chi connectivity index (χ3n) is 10.1. The van der Waals surface area contributed by atoms with Crippen molar-refractivity contribution in [1.29, 1.82) is 0 Å². The van der Waals surface area contributed by atoms with E-state index in [1.165, 1.54) is 0 Å².